The molecule has 8 heteroatoms. The minimum atomic E-state index is 0. The SMILES string of the molecule is CC(C)C(c1nnnn1Cc1ccccc1)N1CCN(Cc2ccco2)CC1.[Cl-]. The number of furan rings is 1. The van der Waals surface area contributed by atoms with Crippen LogP contribution < -0.4 is 12.4 Å². The van der Waals surface area contributed by atoms with Crippen molar-refractivity contribution in [1.82, 2.24) is 30.0 Å². The Balaban J connectivity index is 0.00000240. The predicted octanol–water partition coefficient (Wildman–Crippen LogP) is -0.167. The van der Waals surface area contributed by atoms with Gasteiger partial charge in [0.1, 0.15) is 5.76 Å². The number of hydrogen-bond donors (Lipinski definition) is 0. The smallest absolute Gasteiger partial charge is 0.169 e. The van der Waals surface area contributed by atoms with E-state index >= 15 is 0 Å². The van der Waals surface area contributed by atoms with E-state index < -0.39 is 0 Å². The van der Waals surface area contributed by atoms with E-state index in [1.165, 1.54) is 5.56 Å². The fourth-order valence-corrected chi connectivity index (χ4v) is 4.00. The van der Waals surface area contributed by atoms with Crippen LogP contribution in [-0.2, 0) is 13.1 Å². The molecule has 3 heterocycles. The summed E-state index contributed by atoms with van der Waals surface area (Å²) in [6.07, 6.45) is 1.74. The molecule has 1 saturated heterocycles. The largest absolute Gasteiger partial charge is 1.00 e. The van der Waals surface area contributed by atoms with E-state index in [0.717, 1.165) is 44.3 Å². The Morgan fingerprint density at radius 2 is 1.72 bits per heavy atom. The van der Waals surface area contributed by atoms with Gasteiger partial charge in [-0.2, -0.15) is 0 Å². The van der Waals surface area contributed by atoms with Gasteiger partial charge in [-0.1, -0.05) is 44.2 Å². The van der Waals surface area contributed by atoms with Gasteiger partial charge >= 0.3 is 0 Å². The fraction of sp³-hybridized carbons (Fsp3) is 0.476. The number of nitrogens with zero attached hydrogens (tertiary/aromatic N) is 6. The second-order valence-corrected chi connectivity index (χ2v) is 7.76. The molecule has 156 valence electrons. The summed E-state index contributed by atoms with van der Waals surface area (Å²) >= 11 is 0. The van der Waals surface area contributed by atoms with Crippen LogP contribution in [0.4, 0.5) is 0 Å². The summed E-state index contributed by atoms with van der Waals surface area (Å²) in [7, 11) is 0. The Morgan fingerprint density at radius 3 is 2.38 bits per heavy atom. The van der Waals surface area contributed by atoms with Gasteiger partial charge in [-0.15, -0.1) is 5.10 Å². The first-order valence-corrected chi connectivity index (χ1v) is 9.99. The highest BCUT2D eigenvalue weighted by Crippen LogP contribution is 2.28. The summed E-state index contributed by atoms with van der Waals surface area (Å²) in [6, 6.07) is 14.6. The van der Waals surface area contributed by atoms with Crippen molar-refractivity contribution in [3.8, 4) is 0 Å². The molecule has 1 aromatic carbocycles. The Hall–Kier alpha value is -2.22. The molecule has 4 rings (SSSR count). The quantitative estimate of drug-likeness (QED) is 0.534. The standard InChI is InChI=1S/C21H28N6O.ClH/c1-17(2)20(21-22-23-24-27(21)15-18-7-4-3-5-8-18)26-12-10-25(11-13-26)16-19-9-6-14-28-19;/h3-9,14,17,20H,10-13,15-16H2,1-2H3;1H/p-1. The van der Waals surface area contributed by atoms with Gasteiger partial charge in [-0.3, -0.25) is 9.80 Å². The molecule has 1 aliphatic rings. The molecular formula is C21H28ClN6O-. The second-order valence-electron chi connectivity index (χ2n) is 7.76. The minimum absolute atomic E-state index is 0. The van der Waals surface area contributed by atoms with Crippen LogP contribution in [0.1, 0.15) is 37.0 Å². The maximum Gasteiger partial charge on any atom is 0.169 e. The summed E-state index contributed by atoms with van der Waals surface area (Å²) in [5, 5.41) is 12.7. The van der Waals surface area contributed by atoms with Gasteiger partial charge in [0.2, 0.25) is 0 Å². The zero-order valence-corrected chi connectivity index (χ0v) is 17.7. The van der Waals surface area contributed by atoms with Gasteiger partial charge in [0.25, 0.3) is 0 Å². The third kappa shape index (κ3) is 5.23. The average Bonchev–Trinajstić information content (AvgIpc) is 3.37. The summed E-state index contributed by atoms with van der Waals surface area (Å²) in [6.45, 7) is 10.1. The third-order valence-electron chi connectivity index (χ3n) is 5.39. The number of aromatic nitrogens is 4. The van der Waals surface area contributed by atoms with Crippen molar-refractivity contribution < 1.29 is 16.8 Å². The van der Waals surface area contributed by atoms with Crippen LogP contribution in [0.15, 0.2) is 53.1 Å². The zero-order valence-electron chi connectivity index (χ0n) is 17.0. The van der Waals surface area contributed by atoms with E-state index in [-0.39, 0.29) is 18.4 Å². The normalized spacial score (nSPS) is 16.7. The predicted molar refractivity (Wildman–Crippen MR) is 106 cm³/mol. The second kappa shape index (κ2) is 10.0. The van der Waals surface area contributed by atoms with Gasteiger partial charge in [0, 0.05) is 26.2 Å². The van der Waals surface area contributed by atoms with E-state index in [0.29, 0.717) is 12.5 Å². The lowest BCUT2D eigenvalue weighted by atomic mass is 10.0. The molecule has 1 atom stereocenters. The summed E-state index contributed by atoms with van der Waals surface area (Å²) in [5.41, 5.74) is 1.21. The average molecular weight is 416 g/mol. The molecule has 0 saturated carbocycles. The van der Waals surface area contributed by atoms with Crippen LogP contribution in [0, 0.1) is 5.92 Å². The lowest BCUT2D eigenvalue weighted by molar-refractivity contribution is -0.00000663. The van der Waals surface area contributed by atoms with Gasteiger partial charge in [0.15, 0.2) is 5.82 Å². The lowest BCUT2D eigenvalue weighted by Gasteiger charge is -2.40. The Kier molecular flexibility index (Phi) is 7.41. The summed E-state index contributed by atoms with van der Waals surface area (Å²) < 4.78 is 7.45. The molecule has 29 heavy (non-hydrogen) atoms. The van der Waals surface area contributed by atoms with E-state index in [9.17, 15) is 0 Å². The number of halogens is 1. The van der Waals surface area contributed by atoms with E-state index in [2.05, 4.69) is 63.4 Å². The number of piperazine rings is 1. The molecule has 1 unspecified atom stereocenters. The van der Waals surface area contributed by atoms with Crippen LogP contribution in [-0.4, -0.2) is 56.2 Å². The van der Waals surface area contributed by atoms with Crippen molar-refractivity contribution in [2.75, 3.05) is 26.2 Å². The van der Waals surface area contributed by atoms with Crippen molar-refractivity contribution in [2.45, 2.75) is 33.0 Å². The fourth-order valence-electron chi connectivity index (χ4n) is 4.00. The Bertz CT molecular complexity index is 843. The number of hydrogen-bond acceptors (Lipinski definition) is 6. The van der Waals surface area contributed by atoms with Crippen LogP contribution in [0.2, 0.25) is 0 Å². The summed E-state index contributed by atoms with van der Waals surface area (Å²) in [4.78, 5) is 4.97. The molecule has 0 bridgehead atoms. The number of tetrazole rings is 1. The minimum Gasteiger partial charge on any atom is -1.00 e. The van der Waals surface area contributed by atoms with Gasteiger partial charge in [-0.25, -0.2) is 4.68 Å². The molecule has 7 nitrogen and oxygen atoms in total. The van der Waals surface area contributed by atoms with Crippen LogP contribution >= 0.6 is 0 Å². The molecule has 1 fully saturated rings. The maximum absolute atomic E-state index is 5.49. The molecule has 0 spiro atoms. The van der Waals surface area contributed by atoms with Crippen molar-refractivity contribution in [2.24, 2.45) is 5.92 Å². The molecular weight excluding hydrogens is 388 g/mol. The highest BCUT2D eigenvalue weighted by molar-refractivity contribution is 5.15. The Labute approximate surface area is 178 Å². The molecule has 2 aromatic heterocycles. The zero-order chi connectivity index (χ0) is 19.3. The molecule has 3 aromatic rings. The Morgan fingerprint density at radius 1 is 0.966 bits per heavy atom. The van der Waals surface area contributed by atoms with Crippen LogP contribution in [0.5, 0.6) is 0 Å². The first kappa shape index (κ1) is 21.5. The topological polar surface area (TPSA) is 63.2 Å². The van der Waals surface area contributed by atoms with Crippen LogP contribution in [0.25, 0.3) is 0 Å². The first-order valence-electron chi connectivity index (χ1n) is 9.99. The molecule has 0 N–H and O–H groups in total. The monoisotopic (exact) mass is 415 g/mol. The number of benzene rings is 1. The van der Waals surface area contributed by atoms with E-state index in [1.54, 1.807) is 6.26 Å². The van der Waals surface area contributed by atoms with E-state index in [1.807, 2.05) is 22.9 Å². The summed E-state index contributed by atoms with van der Waals surface area (Å²) in [5.74, 6) is 2.41. The van der Waals surface area contributed by atoms with Crippen molar-refractivity contribution in [3.05, 3.63) is 65.9 Å². The number of rotatable bonds is 7. The van der Waals surface area contributed by atoms with Crippen LogP contribution in [0.3, 0.4) is 0 Å². The van der Waals surface area contributed by atoms with Crippen molar-refractivity contribution in [3.63, 3.8) is 0 Å². The lowest BCUT2D eigenvalue weighted by Crippen LogP contribution is -3.00. The molecule has 1 aliphatic heterocycles. The van der Waals surface area contributed by atoms with E-state index in [4.69, 9.17) is 4.42 Å². The highest BCUT2D eigenvalue weighted by atomic mass is 35.5. The molecule has 0 aliphatic carbocycles. The molecule has 0 amide bonds. The van der Waals surface area contributed by atoms with Crippen molar-refractivity contribution in [1.29, 1.82) is 0 Å². The van der Waals surface area contributed by atoms with Gasteiger partial charge in [-0.05, 0) is 34.0 Å². The third-order valence-corrected chi connectivity index (χ3v) is 5.39. The highest BCUT2D eigenvalue weighted by Gasteiger charge is 2.31. The van der Waals surface area contributed by atoms with Crippen molar-refractivity contribution >= 4 is 0 Å². The molecule has 0 radical (unpaired) electrons. The maximum atomic E-state index is 5.49. The van der Waals surface area contributed by atoms with Gasteiger partial charge in [0.05, 0.1) is 25.4 Å². The van der Waals surface area contributed by atoms with Gasteiger partial charge < -0.3 is 16.8 Å². The first-order chi connectivity index (χ1) is 13.7.